The maximum atomic E-state index is 12.9. The molecule has 0 aromatic heterocycles. The van der Waals surface area contributed by atoms with E-state index in [0.29, 0.717) is 32.0 Å². The fourth-order valence-corrected chi connectivity index (χ4v) is 3.86. The number of thioether (sulfide) groups is 1. The summed E-state index contributed by atoms with van der Waals surface area (Å²) in [6.07, 6.45) is 0.728. The van der Waals surface area contributed by atoms with Crippen LogP contribution in [0.3, 0.4) is 0 Å². The van der Waals surface area contributed by atoms with Gasteiger partial charge in [0.25, 0.3) is 5.91 Å². The Labute approximate surface area is 171 Å². The molecule has 0 radical (unpaired) electrons. The van der Waals surface area contributed by atoms with Crippen LogP contribution in [0, 0.1) is 0 Å². The lowest BCUT2D eigenvalue weighted by Crippen LogP contribution is -2.27. The molecule has 1 heterocycles. The number of rotatable bonds is 6. The van der Waals surface area contributed by atoms with Gasteiger partial charge in [-0.25, -0.2) is 4.79 Å². The fraction of sp³-hybridized carbons (Fsp3) is 0.150. The Morgan fingerprint density at radius 3 is 2.71 bits per heavy atom. The van der Waals surface area contributed by atoms with Crippen LogP contribution in [0.2, 0.25) is 0 Å². The van der Waals surface area contributed by atoms with Gasteiger partial charge in [0.1, 0.15) is 11.5 Å². The van der Waals surface area contributed by atoms with E-state index in [1.165, 1.54) is 30.7 Å². The first-order chi connectivity index (χ1) is 13.4. The zero-order valence-corrected chi connectivity index (χ0v) is 16.8. The average molecular weight is 415 g/mol. The standard InChI is InChI=1S/C20H17NO5S2/c1-12(19(23)24)26-14-7-5-6-13(10-14)11-17-18(22)21(20(27)28-17)15-8-3-4-9-16(15)25-2/h3-12H,1-2H3,(H,23,24)/b17-11+. The average Bonchev–Trinajstić information content (AvgIpc) is 2.95. The van der Waals surface area contributed by atoms with Gasteiger partial charge in [0, 0.05) is 0 Å². The van der Waals surface area contributed by atoms with Crippen molar-refractivity contribution in [2.45, 2.75) is 13.0 Å². The van der Waals surface area contributed by atoms with Crippen LogP contribution >= 0.6 is 24.0 Å². The van der Waals surface area contributed by atoms with Crippen molar-refractivity contribution in [3.8, 4) is 11.5 Å². The number of amides is 1. The topological polar surface area (TPSA) is 76.1 Å². The molecule has 0 bridgehead atoms. The lowest BCUT2D eigenvalue weighted by Gasteiger charge is -2.17. The number of carbonyl (C=O) groups is 2. The Morgan fingerprint density at radius 1 is 1.25 bits per heavy atom. The fourth-order valence-electron chi connectivity index (χ4n) is 2.57. The van der Waals surface area contributed by atoms with Crippen LogP contribution in [-0.2, 0) is 9.59 Å². The van der Waals surface area contributed by atoms with E-state index >= 15 is 0 Å². The molecular formula is C20H17NO5S2. The molecule has 0 spiro atoms. The zero-order valence-electron chi connectivity index (χ0n) is 15.1. The Balaban J connectivity index is 1.87. The van der Waals surface area contributed by atoms with Crippen LogP contribution in [0.1, 0.15) is 12.5 Å². The molecule has 1 saturated heterocycles. The van der Waals surface area contributed by atoms with Crippen molar-refractivity contribution in [2.75, 3.05) is 12.0 Å². The Morgan fingerprint density at radius 2 is 2.00 bits per heavy atom. The van der Waals surface area contributed by atoms with Gasteiger partial charge < -0.3 is 14.6 Å². The molecule has 1 atom stereocenters. The molecular weight excluding hydrogens is 398 g/mol. The van der Waals surface area contributed by atoms with Gasteiger partial charge in [0.2, 0.25) is 0 Å². The molecule has 1 unspecified atom stereocenters. The van der Waals surface area contributed by atoms with E-state index in [0.717, 1.165) is 0 Å². The molecule has 1 aliphatic rings. The van der Waals surface area contributed by atoms with Gasteiger partial charge >= 0.3 is 5.97 Å². The van der Waals surface area contributed by atoms with E-state index in [4.69, 9.17) is 26.8 Å². The number of nitrogens with zero attached hydrogens (tertiary/aromatic N) is 1. The molecule has 1 fully saturated rings. The molecule has 1 amide bonds. The third-order valence-electron chi connectivity index (χ3n) is 3.94. The number of thiocarbonyl (C=S) groups is 1. The van der Waals surface area contributed by atoms with Crippen LogP contribution in [0.5, 0.6) is 11.5 Å². The minimum Gasteiger partial charge on any atom is -0.495 e. The molecule has 0 aliphatic carbocycles. The number of methoxy groups -OCH3 is 1. The number of benzene rings is 2. The smallest absolute Gasteiger partial charge is 0.344 e. The number of anilines is 1. The molecule has 6 nitrogen and oxygen atoms in total. The number of carboxylic acids is 1. The second-order valence-corrected chi connectivity index (χ2v) is 7.54. The highest BCUT2D eigenvalue weighted by Crippen LogP contribution is 2.39. The second kappa shape index (κ2) is 8.45. The minimum absolute atomic E-state index is 0.246. The molecule has 1 N–H and O–H groups in total. The van der Waals surface area contributed by atoms with E-state index in [9.17, 15) is 9.59 Å². The summed E-state index contributed by atoms with van der Waals surface area (Å²) in [5, 5.41) is 8.97. The van der Waals surface area contributed by atoms with Gasteiger partial charge in [-0.05, 0) is 42.8 Å². The quantitative estimate of drug-likeness (QED) is 0.565. The highest BCUT2D eigenvalue weighted by Gasteiger charge is 2.34. The monoisotopic (exact) mass is 415 g/mol. The summed E-state index contributed by atoms with van der Waals surface area (Å²) in [5.41, 5.74) is 1.29. The van der Waals surface area contributed by atoms with Crippen molar-refractivity contribution in [3.63, 3.8) is 0 Å². The lowest BCUT2D eigenvalue weighted by atomic mass is 10.2. The molecule has 144 valence electrons. The summed E-state index contributed by atoms with van der Waals surface area (Å²) in [6, 6.07) is 14.0. The normalized spacial score (nSPS) is 16.4. The van der Waals surface area contributed by atoms with E-state index in [2.05, 4.69) is 0 Å². The predicted octanol–water partition coefficient (Wildman–Crippen LogP) is 3.95. The van der Waals surface area contributed by atoms with E-state index in [-0.39, 0.29) is 5.91 Å². The number of ether oxygens (including phenoxy) is 2. The van der Waals surface area contributed by atoms with Gasteiger partial charge in [-0.3, -0.25) is 9.69 Å². The van der Waals surface area contributed by atoms with Crippen molar-refractivity contribution in [3.05, 3.63) is 59.0 Å². The highest BCUT2D eigenvalue weighted by molar-refractivity contribution is 8.27. The number of para-hydroxylation sites is 2. The third kappa shape index (κ3) is 4.18. The number of carbonyl (C=O) groups excluding carboxylic acids is 1. The van der Waals surface area contributed by atoms with E-state index in [1.54, 1.807) is 42.5 Å². The maximum absolute atomic E-state index is 12.9. The molecule has 2 aromatic carbocycles. The van der Waals surface area contributed by atoms with Crippen LogP contribution < -0.4 is 14.4 Å². The first kappa shape index (κ1) is 19.9. The Bertz CT molecular complexity index is 973. The summed E-state index contributed by atoms with van der Waals surface area (Å²) >= 11 is 6.59. The largest absolute Gasteiger partial charge is 0.495 e. The summed E-state index contributed by atoms with van der Waals surface area (Å²) in [4.78, 5) is 25.8. The van der Waals surface area contributed by atoms with Gasteiger partial charge in [-0.15, -0.1) is 0 Å². The third-order valence-corrected chi connectivity index (χ3v) is 5.24. The number of aliphatic carboxylic acids is 1. The Kier molecular flexibility index (Phi) is 6.01. The number of carboxylic acid groups (broad SMARTS) is 1. The molecule has 2 aromatic rings. The highest BCUT2D eigenvalue weighted by atomic mass is 32.2. The maximum Gasteiger partial charge on any atom is 0.344 e. The minimum atomic E-state index is -1.05. The van der Waals surface area contributed by atoms with Gasteiger partial charge in [0.15, 0.2) is 10.4 Å². The first-order valence-corrected chi connectivity index (χ1v) is 9.53. The zero-order chi connectivity index (χ0) is 20.3. The van der Waals surface area contributed by atoms with E-state index < -0.39 is 12.1 Å². The summed E-state index contributed by atoms with van der Waals surface area (Å²) in [5.74, 6) is -0.338. The van der Waals surface area contributed by atoms with Crippen molar-refractivity contribution < 1.29 is 24.2 Å². The van der Waals surface area contributed by atoms with Gasteiger partial charge in [-0.2, -0.15) is 0 Å². The molecule has 8 heteroatoms. The van der Waals surface area contributed by atoms with Crippen LogP contribution in [0.4, 0.5) is 5.69 Å². The summed E-state index contributed by atoms with van der Waals surface area (Å²) in [7, 11) is 1.54. The summed E-state index contributed by atoms with van der Waals surface area (Å²) < 4.78 is 11.1. The van der Waals surface area contributed by atoms with Crippen LogP contribution in [0.25, 0.3) is 6.08 Å². The molecule has 3 rings (SSSR count). The van der Waals surface area contributed by atoms with Crippen molar-refractivity contribution >= 4 is 51.9 Å². The molecule has 1 aliphatic heterocycles. The van der Waals surface area contributed by atoms with Crippen LogP contribution in [-0.4, -0.2) is 34.5 Å². The SMILES string of the molecule is COc1ccccc1N1C(=O)/C(=C\c2cccc(OC(C)C(=O)O)c2)SC1=S. The Hall–Kier alpha value is -2.84. The molecule has 28 heavy (non-hydrogen) atoms. The number of hydrogen-bond acceptors (Lipinski definition) is 6. The number of hydrogen-bond donors (Lipinski definition) is 1. The van der Waals surface area contributed by atoms with Crippen molar-refractivity contribution in [2.24, 2.45) is 0 Å². The van der Waals surface area contributed by atoms with Gasteiger partial charge in [-0.1, -0.05) is 48.2 Å². The first-order valence-electron chi connectivity index (χ1n) is 8.31. The summed E-state index contributed by atoms with van der Waals surface area (Å²) in [6.45, 7) is 1.45. The second-order valence-electron chi connectivity index (χ2n) is 5.86. The van der Waals surface area contributed by atoms with Crippen molar-refractivity contribution in [1.29, 1.82) is 0 Å². The lowest BCUT2D eigenvalue weighted by molar-refractivity contribution is -0.144. The molecule has 0 saturated carbocycles. The predicted molar refractivity (Wildman–Crippen MR) is 113 cm³/mol. The van der Waals surface area contributed by atoms with Crippen LogP contribution in [0.15, 0.2) is 53.4 Å². The van der Waals surface area contributed by atoms with Gasteiger partial charge in [0.05, 0.1) is 17.7 Å². The van der Waals surface area contributed by atoms with Crippen molar-refractivity contribution in [1.82, 2.24) is 0 Å². The van der Waals surface area contributed by atoms with E-state index in [1.807, 2.05) is 12.1 Å².